The second kappa shape index (κ2) is 6.18. The Kier molecular flexibility index (Phi) is 5.14. The number of hydrogen-bond donors (Lipinski definition) is 1. The van der Waals surface area contributed by atoms with Crippen molar-refractivity contribution in [3.8, 4) is 0 Å². The Morgan fingerprint density at radius 2 is 2.00 bits per heavy atom. The molecule has 1 aliphatic heterocycles. The van der Waals surface area contributed by atoms with Crippen LogP contribution in [-0.4, -0.2) is 48.6 Å². The summed E-state index contributed by atoms with van der Waals surface area (Å²) >= 11 is 0. The van der Waals surface area contributed by atoms with Crippen molar-refractivity contribution in [2.45, 2.75) is 51.6 Å². The van der Waals surface area contributed by atoms with Gasteiger partial charge in [-0.05, 0) is 40.0 Å². The standard InChI is InChI=1S/C13H24N2O3/c1-13(2,3)14-9-11(16)15-8-6-5-7-10(15)12(17)18-4/h10,14H,5-9H2,1-4H3. The molecule has 1 amide bonds. The van der Waals surface area contributed by atoms with Gasteiger partial charge in [-0.2, -0.15) is 0 Å². The Morgan fingerprint density at radius 1 is 1.33 bits per heavy atom. The van der Waals surface area contributed by atoms with Crippen molar-refractivity contribution in [1.82, 2.24) is 10.2 Å². The number of ether oxygens (including phenoxy) is 1. The lowest BCUT2D eigenvalue weighted by molar-refractivity contribution is -0.154. The van der Waals surface area contributed by atoms with E-state index >= 15 is 0 Å². The Hall–Kier alpha value is -1.10. The monoisotopic (exact) mass is 256 g/mol. The van der Waals surface area contributed by atoms with Gasteiger partial charge < -0.3 is 15.0 Å². The van der Waals surface area contributed by atoms with Gasteiger partial charge in [-0.25, -0.2) is 4.79 Å². The molecule has 1 unspecified atom stereocenters. The lowest BCUT2D eigenvalue weighted by Gasteiger charge is -2.34. The number of methoxy groups -OCH3 is 1. The Morgan fingerprint density at radius 3 is 2.56 bits per heavy atom. The van der Waals surface area contributed by atoms with Crippen molar-refractivity contribution in [3.05, 3.63) is 0 Å². The van der Waals surface area contributed by atoms with E-state index in [1.165, 1.54) is 7.11 Å². The molecule has 1 saturated heterocycles. The summed E-state index contributed by atoms with van der Waals surface area (Å²) in [5.74, 6) is -0.334. The second-order valence-electron chi connectivity index (χ2n) is 5.73. The molecule has 1 fully saturated rings. The highest BCUT2D eigenvalue weighted by Gasteiger charge is 2.32. The minimum atomic E-state index is -0.405. The molecule has 0 spiro atoms. The maximum absolute atomic E-state index is 12.1. The smallest absolute Gasteiger partial charge is 0.328 e. The van der Waals surface area contributed by atoms with Gasteiger partial charge in [0.15, 0.2) is 0 Å². The summed E-state index contributed by atoms with van der Waals surface area (Å²) in [6.45, 7) is 6.93. The van der Waals surface area contributed by atoms with Crippen LogP contribution in [0.5, 0.6) is 0 Å². The number of carbonyl (C=O) groups is 2. The Balaban J connectivity index is 2.60. The molecule has 0 bridgehead atoms. The van der Waals surface area contributed by atoms with Crippen molar-refractivity contribution in [2.75, 3.05) is 20.2 Å². The predicted octanol–water partition coefficient (Wildman–Crippen LogP) is 0.929. The molecule has 0 saturated carbocycles. The number of nitrogens with one attached hydrogen (secondary N) is 1. The zero-order valence-electron chi connectivity index (χ0n) is 11.8. The summed E-state index contributed by atoms with van der Waals surface area (Å²) in [5, 5.41) is 3.15. The summed E-state index contributed by atoms with van der Waals surface area (Å²) in [6.07, 6.45) is 2.62. The number of rotatable bonds is 3. The van der Waals surface area contributed by atoms with E-state index in [0.29, 0.717) is 13.0 Å². The summed E-state index contributed by atoms with van der Waals surface area (Å²) in [4.78, 5) is 25.4. The molecule has 104 valence electrons. The molecule has 1 heterocycles. The minimum Gasteiger partial charge on any atom is -0.467 e. The number of esters is 1. The maximum Gasteiger partial charge on any atom is 0.328 e. The molecule has 5 heteroatoms. The van der Waals surface area contributed by atoms with Gasteiger partial charge in [0.2, 0.25) is 5.91 Å². The Bertz CT molecular complexity index is 310. The molecule has 0 aromatic carbocycles. The van der Waals surface area contributed by atoms with E-state index in [-0.39, 0.29) is 24.0 Å². The third-order valence-electron chi connectivity index (χ3n) is 3.07. The van der Waals surface area contributed by atoms with Crippen LogP contribution in [0.3, 0.4) is 0 Å². The third kappa shape index (κ3) is 4.29. The van der Waals surface area contributed by atoms with E-state index in [1.54, 1.807) is 4.90 Å². The van der Waals surface area contributed by atoms with E-state index in [2.05, 4.69) is 5.32 Å². The minimum absolute atomic E-state index is 0.0278. The van der Waals surface area contributed by atoms with Crippen LogP contribution in [0.2, 0.25) is 0 Å². The molecule has 1 aliphatic rings. The van der Waals surface area contributed by atoms with Crippen LogP contribution >= 0.6 is 0 Å². The summed E-state index contributed by atoms with van der Waals surface area (Å²) in [6, 6.07) is -0.405. The number of hydrogen-bond acceptors (Lipinski definition) is 4. The molecule has 18 heavy (non-hydrogen) atoms. The third-order valence-corrected chi connectivity index (χ3v) is 3.07. The van der Waals surface area contributed by atoms with E-state index < -0.39 is 6.04 Å². The predicted molar refractivity (Wildman–Crippen MR) is 69.1 cm³/mol. The van der Waals surface area contributed by atoms with Crippen LogP contribution in [0.1, 0.15) is 40.0 Å². The fourth-order valence-electron chi connectivity index (χ4n) is 2.05. The maximum atomic E-state index is 12.1. The first-order valence-corrected chi connectivity index (χ1v) is 6.47. The van der Waals surface area contributed by atoms with Crippen molar-refractivity contribution < 1.29 is 14.3 Å². The number of piperidine rings is 1. The van der Waals surface area contributed by atoms with Gasteiger partial charge in [-0.1, -0.05) is 0 Å². The number of amides is 1. The van der Waals surface area contributed by atoms with E-state index in [9.17, 15) is 9.59 Å². The van der Waals surface area contributed by atoms with Gasteiger partial charge in [0.05, 0.1) is 13.7 Å². The molecule has 0 aromatic rings. The molecule has 0 radical (unpaired) electrons. The van der Waals surface area contributed by atoms with E-state index in [0.717, 1.165) is 12.8 Å². The van der Waals surface area contributed by atoms with E-state index in [1.807, 2.05) is 20.8 Å². The van der Waals surface area contributed by atoms with Crippen molar-refractivity contribution in [1.29, 1.82) is 0 Å². The first-order valence-electron chi connectivity index (χ1n) is 6.47. The van der Waals surface area contributed by atoms with Crippen LogP contribution < -0.4 is 5.32 Å². The normalized spacial score (nSPS) is 20.7. The molecule has 0 aliphatic carbocycles. The van der Waals surface area contributed by atoms with Crippen molar-refractivity contribution in [2.24, 2.45) is 0 Å². The van der Waals surface area contributed by atoms with Crippen molar-refractivity contribution >= 4 is 11.9 Å². The van der Waals surface area contributed by atoms with Gasteiger partial charge in [0.25, 0.3) is 0 Å². The fourth-order valence-corrected chi connectivity index (χ4v) is 2.05. The highest BCUT2D eigenvalue weighted by Crippen LogP contribution is 2.18. The van der Waals surface area contributed by atoms with Crippen LogP contribution in [-0.2, 0) is 14.3 Å². The zero-order valence-corrected chi connectivity index (χ0v) is 11.8. The van der Waals surface area contributed by atoms with Gasteiger partial charge in [-0.3, -0.25) is 4.79 Å². The zero-order chi connectivity index (χ0) is 13.8. The molecular formula is C13H24N2O3. The van der Waals surface area contributed by atoms with Gasteiger partial charge in [0, 0.05) is 12.1 Å². The van der Waals surface area contributed by atoms with E-state index in [4.69, 9.17) is 4.74 Å². The lowest BCUT2D eigenvalue weighted by Crippen LogP contribution is -2.52. The molecule has 1 atom stereocenters. The fraction of sp³-hybridized carbons (Fsp3) is 0.846. The molecule has 1 rings (SSSR count). The quantitative estimate of drug-likeness (QED) is 0.763. The number of likely N-dealkylation sites (tertiary alicyclic amines) is 1. The second-order valence-corrected chi connectivity index (χ2v) is 5.73. The average molecular weight is 256 g/mol. The van der Waals surface area contributed by atoms with Crippen molar-refractivity contribution in [3.63, 3.8) is 0 Å². The molecule has 1 N–H and O–H groups in total. The van der Waals surface area contributed by atoms with Gasteiger partial charge in [0.1, 0.15) is 6.04 Å². The largest absolute Gasteiger partial charge is 0.467 e. The highest BCUT2D eigenvalue weighted by atomic mass is 16.5. The topological polar surface area (TPSA) is 58.6 Å². The number of nitrogens with zero attached hydrogens (tertiary/aromatic N) is 1. The highest BCUT2D eigenvalue weighted by molar-refractivity contribution is 5.85. The first-order chi connectivity index (χ1) is 8.35. The van der Waals surface area contributed by atoms with Crippen LogP contribution in [0, 0.1) is 0 Å². The lowest BCUT2D eigenvalue weighted by atomic mass is 10.0. The Labute approximate surface area is 109 Å². The van der Waals surface area contributed by atoms with Gasteiger partial charge in [-0.15, -0.1) is 0 Å². The summed E-state index contributed by atoms with van der Waals surface area (Å²) < 4.78 is 4.76. The van der Waals surface area contributed by atoms with Crippen LogP contribution in [0.4, 0.5) is 0 Å². The summed E-state index contributed by atoms with van der Waals surface area (Å²) in [7, 11) is 1.37. The van der Waals surface area contributed by atoms with Crippen LogP contribution in [0.25, 0.3) is 0 Å². The molecule has 0 aromatic heterocycles. The van der Waals surface area contributed by atoms with Crippen LogP contribution in [0.15, 0.2) is 0 Å². The average Bonchev–Trinajstić information content (AvgIpc) is 2.34. The number of carbonyl (C=O) groups excluding carboxylic acids is 2. The first kappa shape index (κ1) is 15.0. The molecule has 5 nitrogen and oxygen atoms in total. The van der Waals surface area contributed by atoms with Gasteiger partial charge >= 0.3 is 5.97 Å². The summed E-state index contributed by atoms with van der Waals surface area (Å²) in [5.41, 5.74) is -0.105. The SMILES string of the molecule is COC(=O)C1CCCCN1C(=O)CNC(C)(C)C. The molecular weight excluding hydrogens is 232 g/mol.